The molecule has 0 amide bonds. The van der Waals surface area contributed by atoms with E-state index in [1.165, 1.54) is 0 Å². The van der Waals surface area contributed by atoms with Gasteiger partial charge in [0.2, 0.25) is 0 Å². The van der Waals surface area contributed by atoms with Crippen molar-refractivity contribution in [2.45, 2.75) is 35.7 Å². The van der Waals surface area contributed by atoms with Crippen LogP contribution in [0.4, 0.5) is 11.4 Å². The zero-order valence-corrected chi connectivity index (χ0v) is 21.0. The second kappa shape index (κ2) is 9.24. The van der Waals surface area contributed by atoms with Crippen molar-refractivity contribution in [3.05, 3.63) is 71.4 Å². The van der Waals surface area contributed by atoms with Crippen molar-refractivity contribution in [1.29, 1.82) is 0 Å². The molecule has 36 heavy (non-hydrogen) atoms. The lowest BCUT2D eigenvalue weighted by molar-refractivity contribution is 0.00558. The summed E-state index contributed by atoms with van der Waals surface area (Å²) in [6.07, 6.45) is 0.447. The Bertz CT molecular complexity index is 1450. The van der Waals surface area contributed by atoms with Crippen LogP contribution in [0, 0.1) is 0 Å². The van der Waals surface area contributed by atoms with E-state index in [4.69, 9.17) is 30.8 Å². The first-order valence-electron chi connectivity index (χ1n) is 11.6. The summed E-state index contributed by atoms with van der Waals surface area (Å²) in [7, 11) is -2.56. The molecule has 2 fully saturated rings. The highest BCUT2D eigenvalue weighted by molar-refractivity contribution is 7.93. The Morgan fingerprint density at radius 1 is 1.08 bits per heavy atom. The molecule has 10 heteroatoms. The van der Waals surface area contributed by atoms with Crippen LogP contribution in [0.15, 0.2) is 74.9 Å². The molecule has 4 heterocycles. The first-order chi connectivity index (χ1) is 17.4. The number of rotatable bonds is 4. The number of halogens is 1. The molecule has 2 aromatic carbocycles. The summed E-state index contributed by atoms with van der Waals surface area (Å²) in [4.78, 5) is 10.0. The third kappa shape index (κ3) is 4.42. The van der Waals surface area contributed by atoms with E-state index in [1.54, 1.807) is 12.3 Å². The molecule has 0 spiro atoms. The SMILES string of the molecule is C[S@@](=O)(=Nc1ccc(-c2nc3c(cc2Cl)N=C(O[C@@H]2CO[C@H]4[C@@H]2OC[C@H]4O)C3)cc1)c1ccccc1. The normalized spacial score (nSPS) is 26.1. The highest BCUT2D eigenvalue weighted by Gasteiger charge is 2.48. The number of ether oxygens (including phenoxy) is 3. The van der Waals surface area contributed by atoms with Crippen LogP contribution < -0.4 is 0 Å². The van der Waals surface area contributed by atoms with Gasteiger partial charge in [-0.1, -0.05) is 41.9 Å². The second-order valence-corrected chi connectivity index (χ2v) is 11.7. The molecule has 0 unspecified atom stereocenters. The smallest absolute Gasteiger partial charge is 0.195 e. The lowest BCUT2D eigenvalue weighted by atomic mass is 10.1. The van der Waals surface area contributed by atoms with Crippen LogP contribution in [-0.2, 0) is 30.4 Å². The quantitative estimate of drug-likeness (QED) is 0.544. The largest absolute Gasteiger partial charge is 0.472 e. The van der Waals surface area contributed by atoms with E-state index in [-0.39, 0.29) is 24.9 Å². The van der Waals surface area contributed by atoms with E-state index in [1.807, 2.05) is 54.6 Å². The highest BCUT2D eigenvalue weighted by Crippen LogP contribution is 2.37. The minimum atomic E-state index is -2.56. The number of fused-ring (bicyclic) bond motifs is 2. The van der Waals surface area contributed by atoms with Crippen molar-refractivity contribution >= 4 is 38.6 Å². The molecule has 5 atom stereocenters. The molecule has 1 N–H and O–H groups in total. The number of aromatic nitrogens is 1. The molecular formula is C26H24ClN3O5S. The average molecular weight is 526 g/mol. The van der Waals surface area contributed by atoms with Crippen LogP contribution in [0.1, 0.15) is 5.69 Å². The van der Waals surface area contributed by atoms with Crippen LogP contribution in [0.5, 0.6) is 0 Å². The topological polar surface area (TPSA) is 103 Å². The Morgan fingerprint density at radius 2 is 1.83 bits per heavy atom. The van der Waals surface area contributed by atoms with Crippen LogP contribution in [0.25, 0.3) is 11.3 Å². The summed E-state index contributed by atoms with van der Waals surface area (Å²) in [5, 5.41) is 10.4. The summed E-state index contributed by atoms with van der Waals surface area (Å²) in [6.45, 7) is 0.586. The molecule has 2 saturated heterocycles. The number of pyridine rings is 1. The minimum absolute atomic E-state index is 0.246. The lowest BCUT2D eigenvalue weighted by Crippen LogP contribution is -2.34. The van der Waals surface area contributed by atoms with Gasteiger partial charge in [0.15, 0.2) is 12.0 Å². The van der Waals surface area contributed by atoms with Gasteiger partial charge < -0.3 is 19.3 Å². The zero-order chi connectivity index (χ0) is 24.9. The number of benzene rings is 2. The summed E-state index contributed by atoms with van der Waals surface area (Å²) < 4.78 is 34.9. The Labute approximate surface area is 214 Å². The molecule has 8 nitrogen and oxygen atoms in total. The predicted molar refractivity (Wildman–Crippen MR) is 137 cm³/mol. The Morgan fingerprint density at radius 3 is 2.61 bits per heavy atom. The molecule has 0 bridgehead atoms. The number of hydrogen-bond donors (Lipinski definition) is 1. The van der Waals surface area contributed by atoms with E-state index >= 15 is 0 Å². The van der Waals surface area contributed by atoms with E-state index in [0.29, 0.717) is 45.9 Å². The first-order valence-corrected chi connectivity index (χ1v) is 13.9. The van der Waals surface area contributed by atoms with Crippen LogP contribution in [-0.4, -0.2) is 64.1 Å². The third-order valence-electron chi connectivity index (χ3n) is 6.47. The van der Waals surface area contributed by atoms with Gasteiger partial charge in [-0.3, -0.25) is 0 Å². The maximum absolute atomic E-state index is 13.1. The van der Waals surface area contributed by atoms with Crippen LogP contribution in [0.3, 0.4) is 0 Å². The van der Waals surface area contributed by atoms with Crippen molar-refractivity contribution in [2.24, 2.45) is 9.36 Å². The van der Waals surface area contributed by atoms with Gasteiger partial charge in [-0.25, -0.2) is 14.2 Å². The van der Waals surface area contributed by atoms with Crippen molar-refractivity contribution in [1.82, 2.24) is 4.98 Å². The molecule has 3 aromatic rings. The fraction of sp³-hybridized carbons (Fsp3) is 0.308. The predicted octanol–water partition coefficient (Wildman–Crippen LogP) is 4.32. The van der Waals surface area contributed by atoms with Crippen LogP contribution >= 0.6 is 11.6 Å². The first kappa shape index (κ1) is 23.6. The van der Waals surface area contributed by atoms with Gasteiger partial charge >= 0.3 is 0 Å². The van der Waals surface area contributed by atoms with Crippen molar-refractivity contribution in [3.8, 4) is 11.3 Å². The fourth-order valence-corrected chi connectivity index (χ4v) is 6.20. The number of aliphatic imine (C=N–C) groups is 1. The Kier molecular flexibility index (Phi) is 6.05. The van der Waals surface area contributed by atoms with Gasteiger partial charge in [-0.15, -0.1) is 0 Å². The minimum Gasteiger partial charge on any atom is -0.472 e. The number of hydrogen-bond acceptors (Lipinski definition) is 8. The second-order valence-electron chi connectivity index (χ2n) is 9.04. The van der Waals surface area contributed by atoms with Gasteiger partial charge in [0, 0.05) is 16.7 Å². The molecule has 0 saturated carbocycles. The lowest BCUT2D eigenvalue weighted by Gasteiger charge is -2.17. The molecule has 186 valence electrons. The maximum atomic E-state index is 13.1. The standard InChI is InChI=1S/C26H24ClN3O5S/c1-36(32,17-5-3-2-4-6-17)30-16-9-7-15(8-10-16)24-18(27)11-19-20(29-24)12-23(28-19)35-22-14-34-25-21(31)13-33-26(22)25/h2-11,21-22,25-26,31H,12-14H2,1H3/t21-,22-,25-,26-,36+/m1/s1. The Hall–Kier alpha value is -2.82. The number of nitrogens with zero attached hydrogens (tertiary/aromatic N) is 3. The number of aliphatic hydroxyl groups is 1. The van der Waals surface area contributed by atoms with Gasteiger partial charge in [0.25, 0.3) is 0 Å². The summed E-state index contributed by atoms with van der Waals surface area (Å²) in [5.74, 6) is 0.526. The molecule has 6 rings (SSSR count). The van der Waals surface area contributed by atoms with Gasteiger partial charge in [-0.05, 0) is 30.3 Å². The molecular weight excluding hydrogens is 502 g/mol. The van der Waals surface area contributed by atoms with E-state index in [0.717, 1.165) is 11.3 Å². The van der Waals surface area contributed by atoms with Gasteiger partial charge in [0.1, 0.15) is 18.3 Å². The molecule has 1 aromatic heterocycles. The van der Waals surface area contributed by atoms with E-state index in [9.17, 15) is 9.32 Å². The summed E-state index contributed by atoms with van der Waals surface area (Å²) in [6, 6.07) is 18.4. The summed E-state index contributed by atoms with van der Waals surface area (Å²) in [5.41, 5.74) is 3.50. The third-order valence-corrected chi connectivity index (χ3v) is 8.46. The highest BCUT2D eigenvalue weighted by atomic mass is 35.5. The monoisotopic (exact) mass is 525 g/mol. The van der Waals surface area contributed by atoms with Crippen LogP contribution in [0.2, 0.25) is 5.02 Å². The Balaban J connectivity index is 1.19. The van der Waals surface area contributed by atoms with E-state index in [2.05, 4.69) is 9.36 Å². The van der Waals surface area contributed by atoms with Gasteiger partial charge in [-0.2, -0.15) is 4.36 Å². The zero-order valence-electron chi connectivity index (χ0n) is 19.4. The van der Waals surface area contributed by atoms with Crippen molar-refractivity contribution in [2.75, 3.05) is 19.5 Å². The average Bonchev–Trinajstić information content (AvgIpc) is 3.56. The molecule has 3 aliphatic rings. The number of aliphatic hydroxyl groups excluding tert-OH is 1. The van der Waals surface area contributed by atoms with Crippen molar-refractivity contribution in [3.63, 3.8) is 0 Å². The van der Waals surface area contributed by atoms with E-state index < -0.39 is 15.8 Å². The van der Waals surface area contributed by atoms with Crippen molar-refractivity contribution < 1.29 is 23.5 Å². The maximum Gasteiger partial charge on any atom is 0.195 e. The molecule has 3 aliphatic heterocycles. The summed E-state index contributed by atoms with van der Waals surface area (Å²) >= 11 is 6.57. The molecule has 0 radical (unpaired) electrons. The molecule has 0 aliphatic carbocycles. The fourth-order valence-electron chi connectivity index (χ4n) is 4.66. The van der Waals surface area contributed by atoms with Gasteiger partial charge in [0.05, 0.1) is 57.1 Å².